The zero-order valence-corrected chi connectivity index (χ0v) is 14.0. The Morgan fingerprint density at radius 1 is 1.30 bits per heavy atom. The molecular weight excluding hydrogens is 272 g/mol. The van der Waals surface area contributed by atoms with Gasteiger partial charge in [0, 0.05) is 17.6 Å². The van der Waals surface area contributed by atoms with Crippen LogP contribution in [0.25, 0.3) is 0 Å². The van der Waals surface area contributed by atoms with E-state index >= 15 is 0 Å². The summed E-state index contributed by atoms with van der Waals surface area (Å²) in [6, 6.07) is 7.52. The molecule has 0 heterocycles. The Bertz CT molecular complexity index is 491. The fraction of sp³-hybridized carbons (Fsp3) is 0.562. The van der Waals surface area contributed by atoms with Crippen molar-refractivity contribution in [2.24, 2.45) is 11.1 Å². The molecule has 112 valence electrons. The van der Waals surface area contributed by atoms with E-state index in [1.165, 1.54) is 0 Å². The molecule has 0 aliphatic heterocycles. The van der Waals surface area contributed by atoms with Crippen LogP contribution in [0, 0.1) is 5.41 Å². The molecule has 1 amide bonds. The molecule has 0 bridgehead atoms. The van der Waals surface area contributed by atoms with Gasteiger partial charge in [-0.05, 0) is 52.3 Å². The molecule has 1 rings (SSSR count). The molecule has 2 N–H and O–H groups in total. The topological polar surface area (TPSA) is 46.3 Å². The molecule has 0 aliphatic rings. The Morgan fingerprint density at radius 2 is 1.85 bits per heavy atom. The normalized spacial score (nSPS) is 14.0. The molecule has 0 saturated carbocycles. The second kappa shape index (κ2) is 5.74. The molecular formula is C16H25ClN2O. The predicted octanol–water partition coefficient (Wildman–Crippen LogP) is 3.62. The molecule has 1 aromatic rings. The number of hydrogen-bond acceptors (Lipinski definition) is 2. The maximum absolute atomic E-state index is 12.7. The third-order valence-electron chi connectivity index (χ3n) is 4.38. The molecule has 3 nitrogen and oxygen atoms in total. The Hall–Kier alpha value is -1.06. The van der Waals surface area contributed by atoms with E-state index in [2.05, 4.69) is 0 Å². The summed E-state index contributed by atoms with van der Waals surface area (Å²) in [6.07, 6.45) is 0. The number of amides is 1. The van der Waals surface area contributed by atoms with Gasteiger partial charge in [0.2, 0.25) is 5.91 Å². The van der Waals surface area contributed by atoms with Crippen LogP contribution in [0.5, 0.6) is 0 Å². The lowest BCUT2D eigenvalue weighted by molar-refractivity contribution is -0.144. The molecule has 0 saturated heterocycles. The standard InChI is InChI=1S/C16H25ClN2O/c1-11(12-8-7-9-13(17)10-12)19(6)14(20)15(2,3)16(4,5)18/h7-11H,18H2,1-6H3. The summed E-state index contributed by atoms with van der Waals surface area (Å²) in [7, 11) is 1.81. The first-order valence-electron chi connectivity index (χ1n) is 6.80. The first kappa shape index (κ1) is 17.0. The van der Waals surface area contributed by atoms with E-state index in [0.717, 1.165) is 5.56 Å². The Labute approximate surface area is 127 Å². The Morgan fingerprint density at radius 3 is 2.30 bits per heavy atom. The van der Waals surface area contributed by atoms with Crippen molar-refractivity contribution in [2.75, 3.05) is 7.05 Å². The second-order valence-electron chi connectivity index (χ2n) is 6.49. The zero-order chi connectivity index (χ0) is 15.7. The van der Waals surface area contributed by atoms with Gasteiger partial charge >= 0.3 is 0 Å². The molecule has 1 unspecified atom stereocenters. The number of carbonyl (C=O) groups is 1. The number of halogens is 1. The van der Waals surface area contributed by atoms with Crippen LogP contribution in [0.2, 0.25) is 5.02 Å². The van der Waals surface area contributed by atoms with Crippen molar-refractivity contribution in [1.82, 2.24) is 4.90 Å². The lowest BCUT2D eigenvalue weighted by Crippen LogP contribution is -2.56. The van der Waals surface area contributed by atoms with E-state index in [9.17, 15) is 4.79 Å². The van der Waals surface area contributed by atoms with Gasteiger partial charge in [0.15, 0.2) is 0 Å². The van der Waals surface area contributed by atoms with Crippen LogP contribution in [0.1, 0.15) is 46.2 Å². The molecule has 0 fully saturated rings. The molecule has 1 atom stereocenters. The Kier molecular flexibility index (Phi) is 4.88. The van der Waals surface area contributed by atoms with E-state index in [1.807, 2.05) is 58.9 Å². The first-order chi connectivity index (χ1) is 8.98. The van der Waals surface area contributed by atoms with Crippen molar-refractivity contribution < 1.29 is 4.79 Å². The highest BCUT2D eigenvalue weighted by Gasteiger charge is 2.42. The highest BCUT2D eigenvalue weighted by molar-refractivity contribution is 6.30. The summed E-state index contributed by atoms with van der Waals surface area (Å²) in [4.78, 5) is 14.5. The number of rotatable bonds is 4. The molecule has 4 heteroatoms. The fourth-order valence-corrected chi connectivity index (χ4v) is 2.08. The van der Waals surface area contributed by atoms with E-state index < -0.39 is 11.0 Å². The molecule has 1 aromatic carbocycles. The van der Waals surface area contributed by atoms with Gasteiger partial charge < -0.3 is 10.6 Å². The molecule has 0 aromatic heterocycles. The summed E-state index contributed by atoms with van der Waals surface area (Å²) in [5.41, 5.74) is 5.92. The SMILES string of the molecule is CC(c1cccc(Cl)c1)N(C)C(=O)C(C)(C)C(C)(C)N. The van der Waals surface area contributed by atoms with Crippen LogP contribution in [0.3, 0.4) is 0 Å². The highest BCUT2D eigenvalue weighted by atomic mass is 35.5. The van der Waals surface area contributed by atoms with Crippen LogP contribution in [-0.2, 0) is 4.79 Å². The van der Waals surface area contributed by atoms with E-state index in [-0.39, 0.29) is 11.9 Å². The largest absolute Gasteiger partial charge is 0.338 e. The molecule has 20 heavy (non-hydrogen) atoms. The van der Waals surface area contributed by atoms with Crippen molar-refractivity contribution >= 4 is 17.5 Å². The number of nitrogens with two attached hydrogens (primary N) is 1. The first-order valence-corrected chi connectivity index (χ1v) is 7.18. The van der Waals surface area contributed by atoms with Crippen LogP contribution in [0.15, 0.2) is 24.3 Å². The zero-order valence-electron chi connectivity index (χ0n) is 13.2. The van der Waals surface area contributed by atoms with Crippen LogP contribution >= 0.6 is 11.6 Å². The van der Waals surface area contributed by atoms with Gasteiger partial charge in [-0.25, -0.2) is 0 Å². The lowest BCUT2D eigenvalue weighted by Gasteiger charge is -2.41. The van der Waals surface area contributed by atoms with Gasteiger partial charge in [-0.15, -0.1) is 0 Å². The molecule has 0 aliphatic carbocycles. The third kappa shape index (κ3) is 3.33. The maximum atomic E-state index is 12.7. The number of carbonyl (C=O) groups excluding carboxylic acids is 1. The maximum Gasteiger partial charge on any atom is 0.230 e. The predicted molar refractivity (Wildman–Crippen MR) is 84.7 cm³/mol. The van der Waals surface area contributed by atoms with Crippen LogP contribution in [-0.4, -0.2) is 23.4 Å². The van der Waals surface area contributed by atoms with Gasteiger partial charge in [-0.2, -0.15) is 0 Å². The number of benzene rings is 1. The van der Waals surface area contributed by atoms with Crippen LogP contribution in [0.4, 0.5) is 0 Å². The summed E-state index contributed by atoms with van der Waals surface area (Å²) in [5, 5.41) is 0.675. The van der Waals surface area contributed by atoms with Gasteiger partial charge in [-0.1, -0.05) is 23.7 Å². The third-order valence-corrected chi connectivity index (χ3v) is 4.61. The minimum Gasteiger partial charge on any atom is -0.338 e. The summed E-state index contributed by atoms with van der Waals surface area (Å²) >= 11 is 6.01. The van der Waals surface area contributed by atoms with Gasteiger partial charge in [-0.3, -0.25) is 4.79 Å². The monoisotopic (exact) mass is 296 g/mol. The van der Waals surface area contributed by atoms with Crippen molar-refractivity contribution in [2.45, 2.75) is 46.2 Å². The van der Waals surface area contributed by atoms with Crippen molar-refractivity contribution in [3.05, 3.63) is 34.9 Å². The highest BCUT2D eigenvalue weighted by Crippen LogP contribution is 2.33. The molecule has 0 spiro atoms. The fourth-order valence-electron chi connectivity index (χ4n) is 1.88. The van der Waals surface area contributed by atoms with Gasteiger partial charge in [0.05, 0.1) is 11.5 Å². The summed E-state index contributed by atoms with van der Waals surface area (Å²) in [5.74, 6) is 0.0254. The number of hydrogen-bond donors (Lipinski definition) is 1. The van der Waals surface area contributed by atoms with Crippen molar-refractivity contribution in [3.8, 4) is 0 Å². The van der Waals surface area contributed by atoms with Crippen LogP contribution < -0.4 is 5.73 Å². The average Bonchev–Trinajstić information content (AvgIpc) is 2.34. The van der Waals surface area contributed by atoms with Crippen molar-refractivity contribution in [3.63, 3.8) is 0 Å². The lowest BCUT2D eigenvalue weighted by atomic mass is 9.74. The molecule has 0 radical (unpaired) electrons. The minimum absolute atomic E-state index is 0.0254. The minimum atomic E-state index is -0.644. The van der Waals surface area contributed by atoms with E-state index in [4.69, 9.17) is 17.3 Å². The quantitative estimate of drug-likeness (QED) is 0.922. The van der Waals surface area contributed by atoms with Gasteiger partial charge in [0.1, 0.15) is 0 Å². The Balaban J connectivity index is 3.00. The van der Waals surface area contributed by atoms with Gasteiger partial charge in [0.25, 0.3) is 0 Å². The summed E-state index contributed by atoms with van der Waals surface area (Å²) < 4.78 is 0. The smallest absolute Gasteiger partial charge is 0.230 e. The summed E-state index contributed by atoms with van der Waals surface area (Å²) in [6.45, 7) is 9.52. The average molecular weight is 297 g/mol. The second-order valence-corrected chi connectivity index (χ2v) is 6.93. The van der Waals surface area contributed by atoms with E-state index in [1.54, 1.807) is 11.9 Å². The van der Waals surface area contributed by atoms with E-state index in [0.29, 0.717) is 5.02 Å². The van der Waals surface area contributed by atoms with Crippen molar-refractivity contribution in [1.29, 1.82) is 0 Å². The number of nitrogens with zero attached hydrogens (tertiary/aromatic N) is 1.